The second kappa shape index (κ2) is 6.31. The van der Waals surface area contributed by atoms with Crippen LogP contribution in [0.1, 0.15) is 24.7 Å². The zero-order valence-corrected chi connectivity index (χ0v) is 15.5. The standard InChI is InChI=1S/C18H15BrN2O3S/c19-14-5-9-16(10-6-14)25(22,23)21-15-7-3-12(4-8-15)17-11-20-18(24-17)13-1-2-13/h3-11,13,21H,1-2H2. The normalized spacial score (nSPS) is 14.4. The summed E-state index contributed by atoms with van der Waals surface area (Å²) in [6.07, 6.45) is 3.99. The Balaban J connectivity index is 1.52. The molecular formula is C18H15BrN2O3S. The number of aromatic nitrogens is 1. The van der Waals surface area contributed by atoms with Gasteiger partial charge in [-0.2, -0.15) is 0 Å². The summed E-state index contributed by atoms with van der Waals surface area (Å²) in [4.78, 5) is 4.51. The number of nitrogens with one attached hydrogen (secondary N) is 1. The van der Waals surface area contributed by atoms with Crippen LogP contribution in [0.25, 0.3) is 11.3 Å². The van der Waals surface area contributed by atoms with Crippen LogP contribution < -0.4 is 4.72 Å². The fourth-order valence-corrected chi connectivity index (χ4v) is 3.79. The van der Waals surface area contributed by atoms with Crippen molar-refractivity contribution in [2.75, 3.05) is 4.72 Å². The minimum Gasteiger partial charge on any atom is -0.440 e. The Kier molecular flexibility index (Phi) is 4.13. The number of hydrogen-bond donors (Lipinski definition) is 1. The summed E-state index contributed by atoms with van der Waals surface area (Å²) >= 11 is 3.29. The Bertz CT molecular complexity index is 992. The molecule has 0 unspecified atom stereocenters. The van der Waals surface area contributed by atoms with Crippen molar-refractivity contribution < 1.29 is 12.8 Å². The molecule has 7 heteroatoms. The quantitative estimate of drug-likeness (QED) is 0.646. The van der Waals surface area contributed by atoms with E-state index in [1.165, 1.54) is 0 Å². The molecule has 25 heavy (non-hydrogen) atoms. The van der Waals surface area contributed by atoms with Gasteiger partial charge in [-0.1, -0.05) is 15.9 Å². The van der Waals surface area contributed by atoms with E-state index in [2.05, 4.69) is 25.6 Å². The maximum Gasteiger partial charge on any atom is 0.261 e. The molecule has 1 fully saturated rings. The third-order valence-corrected chi connectivity index (χ3v) is 5.92. The third-order valence-electron chi connectivity index (χ3n) is 4.00. The highest BCUT2D eigenvalue weighted by molar-refractivity contribution is 9.10. The highest BCUT2D eigenvalue weighted by Crippen LogP contribution is 2.40. The smallest absolute Gasteiger partial charge is 0.261 e. The molecule has 0 bridgehead atoms. The van der Waals surface area contributed by atoms with Gasteiger partial charge in [0.2, 0.25) is 0 Å². The zero-order valence-electron chi connectivity index (χ0n) is 13.1. The zero-order chi connectivity index (χ0) is 17.4. The Morgan fingerprint density at radius 2 is 1.72 bits per heavy atom. The molecular weight excluding hydrogens is 404 g/mol. The molecule has 2 aromatic carbocycles. The summed E-state index contributed by atoms with van der Waals surface area (Å²) in [6.45, 7) is 0. The summed E-state index contributed by atoms with van der Waals surface area (Å²) in [5, 5.41) is 0. The van der Waals surface area contributed by atoms with Crippen LogP contribution in [0.3, 0.4) is 0 Å². The lowest BCUT2D eigenvalue weighted by Gasteiger charge is -2.08. The molecule has 0 amide bonds. The maximum absolute atomic E-state index is 12.4. The topological polar surface area (TPSA) is 72.2 Å². The molecule has 1 aromatic heterocycles. The number of anilines is 1. The molecule has 0 saturated heterocycles. The van der Waals surface area contributed by atoms with E-state index in [9.17, 15) is 8.42 Å². The van der Waals surface area contributed by atoms with Gasteiger partial charge in [0.15, 0.2) is 11.7 Å². The van der Waals surface area contributed by atoms with E-state index in [1.54, 1.807) is 42.6 Å². The average Bonchev–Trinajstić information content (AvgIpc) is 3.33. The number of nitrogens with zero attached hydrogens (tertiary/aromatic N) is 1. The second-order valence-electron chi connectivity index (χ2n) is 5.97. The number of oxazole rings is 1. The van der Waals surface area contributed by atoms with Crippen molar-refractivity contribution in [1.29, 1.82) is 0 Å². The van der Waals surface area contributed by atoms with E-state index in [4.69, 9.17) is 4.42 Å². The summed E-state index contributed by atoms with van der Waals surface area (Å²) in [5.41, 5.74) is 1.36. The molecule has 1 saturated carbocycles. The average molecular weight is 419 g/mol. The van der Waals surface area contributed by atoms with Gasteiger partial charge in [0.05, 0.1) is 11.1 Å². The lowest BCUT2D eigenvalue weighted by atomic mass is 10.2. The number of sulfonamides is 1. The van der Waals surface area contributed by atoms with Gasteiger partial charge < -0.3 is 4.42 Å². The molecule has 1 heterocycles. The minimum absolute atomic E-state index is 0.212. The highest BCUT2D eigenvalue weighted by atomic mass is 79.9. The number of benzene rings is 2. The third kappa shape index (κ3) is 3.62. The molecule has 128 valence electrons. The van der Waals surface area contributed by atoms with Crippen LogP contribution in [0.2, 0.25) is 0 Å². The van der Waals surface area contributed by atoms with Gasteiger partial charge in [0.1, 0.15) is 0 Å². The van der Waals surface area contributed by atoms with E-state index in [0.717, 1.165) is 28.8 Å². The lowest BCUT2D eigenvalue weighted by Crippen LogP contribution is -2.12. The van der Waals surface area contributed by atoms with Crippen LogP contribution in [0, 0.1) is 0 Å². The number of halogens is 1. The molecule has 5 nitrogen and oxygen atoms in total. The van der Waals surface area contributed by atoms with E-state index < -0.39 is 10.0 Å². The summed E-state index contributed by atoms with van der Waals surface area (Å²) in [7, 11) is -3.61. The van der Waals surface area contributed by atoms with E-state index in [0.29, 0.717) is 17.4 Å². The first-order valence-corrected chi connectivity index (χ1v) is 10.1. The van der Waals surface area contributed by atoms with Gasteiger partial charge >= 0.3 is 0 Å². The Morgan fingerprint density at radius 1 is 1.04 bits per heavy atom. The summed E-state index contributed by atoms with van der Waals surface area (Å²) in [6, 6.07) is 13.5. The van der Waals surface area contributed by atoms with E-state index >= 15 is 0 Å². The summed E-state index contributed by atoms with van der Waals surface area (Å²) in [5.74, 6) is 1.95. The van der Waals surface area contributed by atoms with Crippen LogP contribution in [-0.4, -0.2) is 13.4 Å². The number of hydrogen-bond acceptors (Lipinski definition) is 4. The number of rotatable bonds is 5. The second-order valence-corrected chi connectivity index (χ2v) is 8.57. The molecule has 0 atom stereocenters. The first-order chi connectivity index (χ1) is 12.0. The predicted octanol–water partition coefficient (Wildman–Crippen LogP) is 4.78. The van der Waals surface area contributed by atoms with Crippen molar-refractivity contribution in [1.82, 2.24) is 4.98 Å². The maximum atomic E-state index is 12.4. The van der Waals surface area contributed by atoms with Gasteiger partial charge in [-0.3, -0.25) is 4.72 Å². The highest BCUT2D eigenvalue weighted by Gasteiger charge is 2.28. The van der Waals surface area contributed by atoms with E-state index in [1.807, 2.05) is 12.1 Å². The first kappa shape index (κ1) is 16.4. The molecule has 0 spiro atoms. The van der Waals surface area contributed by atoms with Crippen molar-refractivity contribution in [2.24, 2.45) is 0 Å². The van der Waals surface area contributed by atoms with Gasteiger partial charge in [-0.25, -0.2) is 13.4 Å². The van der Waals surface area contributed by atoms with Crippen LogP contribution in [0.15, 0.2) is 68.5 Å². The van der Waals surface area contributed by atoms with Crippen molar-refractivity contribution in [3.63, 3.8) is 0 Å². The molecule has 0 aliphatic heterocycles. The SMILES string of the molecule is O=S(=O)(Nc1ccc(-c2cnc(C3CC3)o2)cc1)c1ccc(Br)cc1. The molecule has 1 aliphatic rings. The largest absolute Gasteiger partial charge is 0.440 e. The molecule has 4 rings (SSSR count). The van der Waals surface area contributed by atoms with Crippen molar-refractivity contribution in [2.45, 2.75) is 23.7 Å². The van der Waals surface area contributed by atoms with Crippen LogP contribution in [-0.2, 0) is 10.0 Å². The summed E-state index contributed by atoms with van der Waals surface area (Å²) < 4.78 is 34.0. The van der Waals surface area contributed by atoms with Gasteiger partial charge in [0.25, 0.3) is 10.0 Å². The Hall–Kier alpha value is -2.12. The lowest BCUT2D eigenvalue weighted by molar-refractivity contribution is 0.509. The Morgan fingerprint density at radius 3 is 2.36 bits per heavy atom. The van der Waals surface area contributed by atoms with Crippen molar-refractivity contribution >= 4 is 31.6 Å². The van der Waals surface area contributed by atoms with Crippen molar-refractivity contribution in [3.05, 3.63) is 65.1 Å². The van der Waals surface area contributed by atoms with Crippen LogP contribution in [0.5, 0.6) is 0 Å². The molecule has 3 aromatic rings. The fraction of sp³-hybridized carbons (Fsp3) is 0.167. The van der Waals surface area contributed by atoms with Crippen LogP contribution in [0.4, 0.5) is 5.69 Å². The predicted molar refractivity (Wildman–Crippen MR) is 98.9 cm³/mol. The minimum atomic E-state index is -3.61. The van der Waals surface area contributed by atoms with Crippen LogP contribution >= 0.6 is 15.9 Å². The molecule has 1 N–H and O–H groups in total. The molecule has 0 radical (unpaired) electrons. The van der Waals surface area contributed by atoms with Gasteiger partial charge in [-0.05, 0) is 61.4 Å². The molecule has 1 aliphatic carbocycles. The first-order valence-electron chi connectivity index (χ1n) is 7.86. The Labute approximate surface area is 154 Å². The monoisotopic (exact) mass is 418 g/mol. The van der Waals surface area contributed by atoms with Gasteiger partial charge in [0, 0.05) is 21.6 Å². The van der Waals surface area contributed by atoms with Crippen molar-refractivity contribution in [3.8, 4) is 11.3 Å². The van der Waals surface area contributed by atoms with E-state index in [-0.39, 0.29) is 4.90 Å². The fourth-order valence-electron chi connectivity index (χ4n) is 2.47. The van der Waals surface area contributed by atoms with Gasteiger partial charge in [-0.15, -0.1) is 0 Å².